The SMILES string of the molecule is C=CCC1(N2CCC(O)CC2)CC=C(N2C[C@@H](CCS(=O)(=O)[O-])OC2=O)C=C1F. The van der Waals surface area contributed by atoms with Crippen molar-refractivity contribution in [2.45, 2.75) is 49.9 Å². The first-order valence-electron chi connectivity index (χ1n) is 9.68. The minimum atomic E-state index is -4.40. The van der Waals surface area contributed by atoms with E-state index in [1.54, 1.807) is 12.2 Å². The highest BCUT2D eigenvalue weighted by atomic mass is 32.2. The van der Waals surface area contributed by atoms with Gasteiger partial charge in [0, 0.05) is 24.5 Å². The van der Waals surface area contributed by atoms with Crippen molar-refractivity contribution in [3.05, 3.63) is 36.3 Å². The molecule has 1 N–H and O–H groups in total. The van der Waals surface area contributed by atoms with Crippen LogP contribution in [-0.2, 0) is 14.9 Å². The van der Waals surface area contributed by atoms with Gasteiger partial charge in [-0.3, -0.25) is 9.80 Å². The lowest BCUT2D eigenvalue weighted by molar-refractivity contribution is 0.0220. The monoisotopic (exact) mass is 429 g/mol. The molecule has 2 saturated heterocycles. The fourth-order valence-electron chi connectivity index (χ4n) is 4.16. The maximum Gasteiger partial charge on any atom is 0.414 e. The second kappa shape index (κ2) is 8.55. The lowest BCUT2D eigenvalue weighted by Crippen LogP contribution is -2.53. The molecule has 0 bridgehead atoms. The molecule has 1 amide bonds. The normalized spacial score (nSPS) is 29.4. The Hall–Kier alpha value is -1.75. The van der Waals surface area contributed by atoms with E-state index in [1.165, 1.54) is 11.0 Å². The summed E-state index contributed by atoms with van der Waals surface area (Å²) in [6, 6.07) is 0. The molecule has 0 saturated carbocycles. The molecule has 0 aromatic heterocycles. The van der Waals surface area contributed by atoms with Gasteiger partial charge in [-0.1, -0.05) is 12.2 Å². The molecular formula is C19H26FN2O6S-. The van der Waals surface area contributed by atoms with E-state index in [0.29, 0.717) is 44.5 Å². The number of cyclic esters (lactones) is 1. The molecule has 1 unspecified atom stereocenters. The molecule has 2 heterocycles. The summed E-state index contributed by atoms with van der Waals surface area (Å²) in [5.74, 6) is -1.00. The molecule has 8 nitrogen and oxygen atoms in total. The third-order valence-corrected chi connectivity index (χ3v) is 6.53. The molecule has 2 aliphatic heterocycles. The maximum atomic E-state index is 15.4. The average Bonchev–Trinajstić information content (AvgIpc) is 3.03. The third-order valence-electron chi connectivity index (χ3n) is 5.80. The first kappa shape index (κ1) is 21.9. The van der Waals surface area contributed by atoms with Gasteiger partial charge in [0.2, 0.25) is 0 Å². The van der Waals surface area contributed by atoms with Crippen LogP contribution in [0.1, 0.15) is 32.1 Å². The summed E-state index contributed by atoms with van der Waals surface area (Å²) < 4.78 is 52.9. The standard InChI is InChI=1S/C19H27FN2O6S/c1-2-7-19(21-9-4-15(23)5-10-21)8-3-14(12-17(19)20)22-13-16(28-18(22)24)6-11-29(25,26)27/h2-3,12,15-16,23H,1,4-11,13H2,(H,25,26,27)/p-1/t16-,19?/m1/s1. The van der Waals surface area contributed by atoms with Gasteiger partial charge in [-0.2, -0.15) is 0 Å². The third kappa shape index (κ3) is 4.88. The predicted molar refractivity (Wildman–Crippen MR) is 102 cm³/mol. The molecule has 2 fully saturated rings. The number of hydrogen-bond donors (Lipinski definition) is 1. The van der Waals surface area contributed by atoms with E-state index < -0.39 is 33.6 Å². The zero-order valence-corrected chi connectivity index (χ0v) is 16.9. The van der Waals surface area contributed by atoms with Gasteiger partial charge in [-0.05, 0) is 38.2 Å². The molecular weight excluding hydrogens is 403 g/mol. The van der Waals surface area contributed by atoms with Crippen molar-refractivity contribution >= 4 is 16.2 Å². The number of carbonyl (C=O) groups is 1. The van der Waals surface area contributed by atoms with E-state index in [-0.39, 0.29) is 24.9 Å². The lowest BCUT2D eigenvalue weighted by atomic mass is 9.82. The highest BCUT2D eigenvalue weighted by Crippen LogP contribution is 2.40. The highest BCUT2D eigenvalue weighted by Gasteiger charge is 2.44. The van der Waals surface area contributed by atoms with Gasteiger partial charge in [0.25, 0.3) is 0 Å². The fourth-order valence-corrected chi connectivity index (χ4v) is 4.71. The Morgan fingerprint density at radius 1 is 1.41 bits per heavy atom. The van der Waals surface area contributed by atoms with Gasteiger partial charge in [0.1, 0.15) is 11.9 Å². The van der Waals surface area contributed by atoms with Gasteiger partial charge in [0.15, 0.2) is 0 Å². The number of likely N-dealkylation sites (tertiary alicyclic amines) is 1. The zero-order valence-electron chi connectivity index (χ0n) is 16.1. The minimum Gasteiger partial charge on any atom is -0.748 e. The first-order valence-corrected chi connectivity index (χ1v) is 11.3. The largest absolute Gasteiger partial charge is 0.748 e. The number of nitrogens with zero attached hydrogens (tertiary/aromatic N) is 2. The summed E-state index contributed by atoms with van der Waals surface area (Å²) in [6.07, 6.45) is 4.74. The van der Waals surface area contributed by atoms with Crippen molar-refractivity contribution in [2.24, 2.45) is 0 Å². The summed E-state index contributed by atoms with van der Waals surface area (Å²) in [5.41, 5.74) is -0.526. The van der Waals surface area contributed by atoms with E-state index in [1.807, 2.05) is 4.90 Å². The second-order valence-electron chi connectivity index (χ2n) is 7.73. The Morgan fingerprint density at radius 2 is 2.10 bits per heavy atom. The van der Waals surface area contributed by atoms with Crippen LogP contribution in [0.2, 0.25) is 0 Å². The van der Waals surface area contributed by atoms with Crippen LogP contribution in [-0.4, -0.2) is 77.1 Å². The van der Waals surface area contributed by atoms with E-state index in [9.17, 15) is 22.9 Å². The van der Waals surface area contributed by atoms with Gasteiger partial charge in [0.05, 0.1) is 28.3 Å². The molecule has 0 radical (unpaired) electrons. The van der Waals surface area contributed by atoms with Crippen molar-refractivity contribution < 1.29 is 32.0 Å². The predicted octanol–water partition coefficient (Wildman–Crippen LogP) is 1.66. The number of ether oxygens (including phenoxy) is 1. The van der Waals surface area contributed by atoms with E-state index in [2.05, 4.69) is 6.58 Å². The van der Waals surface area contributed by atoms with E-state index in [0.717, 1.165) is 0 Å². The maximum absolute atomic E-state index is 15.4. The fraction of sp³-hybridized carbons (Fsp3) is 0.632. The zero-order chi connectivity index (χ0) is 21.2. The second-order valence-corrected chi connectivity index (χ2v) is 9.26. The first-order chi connectivity index (χ1) is 13.6. The van der Waals surface area contributed by atoms with Gasteiger partial charge in [-0.25, -0.2) is 17.6 Å². The van der Waals surface area contributed by atoms with Crippen LogP contribution in [0.15, 0.2) is 36.3 Å². The number of amides is 1. The van der Waals surface area contributed by atoms with Crippen molar-refractivity contribution in [3.63, 3.8) is 0 Å². The number of rotatable bonds is 7. The minimum absolute atomic E-state index is 0.0638. The molecule has 0 spiro atoms. The Bertz CT molecular complexity index is 819. The molecule has 1 aliphatic carbocycles. The molecule has 3 aliphatic rings. The molecule has 3 rings (SSSR count). The molecule has 2 atom stereocenters. The number of hydrogen-bond acceptors (Lipinski definition) is 7. The summed E-state index contributed by atoms with van der Waals surface area (Å²) in [5, 5.41) is 9.76. The van der Waals surface area contributed by atoms with E-state index >= 15 is 4.39 Å². The molecule has 0 aromatic carbocycles. The topological polar surface area (TPSA) is 110 Å². The number of allylic oxidation sites excluding steroid dienone is 1. The van der Waals surface area contributed by atoms with Gasteiger partial charge < -0.3 is 14.4 Å². The Balaban J connectivity index is 1.72. The molecule has 162 valence electrons. The number of aliphatic hydroxyl groups is 1. The Morgan fingerprint density at radius 3 is 2.69 bits per heavy atom. The van der Waals surface area contributed by atoms with Crippen LogP contribution in [0.25, 0.3) is 0 Å². The van der Waals surface area contributed by atoms with Crippen molar-refractivity contribution in [1.82, 2.24) is 9.80 Å². The number of aliphatic hydroxyl groups excluding tert-OH is 1. The van der Waals surface area contributed by atoms with Gasteiger partial charge >= 0.3 is 6.09 Å². The Kier molecular flexibility index (Phi) is 6.47. The van der Waals surface area contributed by atoms with Crippen molar-refractivity contribution in [3.8, 4) is 0 Å². The summed E-state index contributed by atoms with van der Waals surface area (Å²) in [7, 11) is -4.40. The van der Waals surface area contributed by atoms with Crippen LogP contribution in [0.3, 0.4) is 0 Å². The van der Waals surface area contributed by atoms with Crippen LogP contribution in [0.5, 0.6) is 0 Å². The summed E-state index contributed by atoms with van der Waals surface area (Å²) in [4.78, 5) is 15.5. The van der Waals surface area contributed by atoms with Crippen LogP contribution >= 0.6 is 0 Å². The van der Waals surface area contributed by atoms with Crippen molar-refractivity contribution in [1.29, 1.82) is 0 Å². The quantitative estimate of drug-likeness (QED) is 0.484. The number of halogens is 1. The molecule has 0 aromatic rings. The number of piperidine rings is 1. The average molecular weight is 429 g/mol. The summed E-state index contributed by atoms with van der Waals surface area (Å²) >= 11 is 0. The highest BCUT2D eigenvalue weighted by molar-refractivity contribution is 7.85. The van der Waals surface area contributed by atoms with Crippen molar-refractivity contribution in [2.75, 3.05) is 25.4 Å². The van der Waals surface area contributed by atoms with Gasteiger partial charge in [-0.15, -0.1) is 6.58 Å². The van der Waals surface area contributed by atoms with E-state index in [4.69, 9.17) is 4.74 Å². The Labute approximate surface area is 170 Å². The van der Waals surface area contributed by atoms with Crippen LogP contribution in [0, 0.1) is 0 Å². The number of carbonyl (C=O) groups excluding carboxylic acids is 1. The lowest BCUT2D eigenvalue weighted by Gasteiger charge is -2.46. The van der Waals surface area contributed by atoms with Crippen LogP contribution in [0.4, 0.5) is 9.18 Å². The van der Waals surface area contributed by atoms with Crippen LogP contribution < -0.4 is 0 Å². The molecule has 10 heteroatoms. The smallest absolute Gasteiger partial charge is 0.414 e. The molecule has 29 heavy (non-hydrogen) atoms. The summed E-state index contributed by atoms with van der Waals surface area (Å²) in [6.45, 7) is 4.95.